The first-order valence-electron chi connectivity index (χ1n) is 5.21. The van der Waals surface area contributed by atoms with Gasteiger partial charge in [-0.3, -0.25) is 0 Å². The average Bonchev–Trinajstić information content (AvgIpc) is 2.67. The number of rotatable bonds is 4. The van der Waals surface area contributed by atoms with E-state index in [1.54, 1.807) is 11.8 Å². The van der Waals surface area contributed by atoms with Crippen molar-refractivity contribution in [1.29, 1.82) is 0 Å². The van der Waals surface area contributed by atoms with Crippen molar-refractivity contribution in [2.75, 3.05) is 6.26 Å². The number of hydrogen-bond donors (Lipinski definition) is 0. The second kappa shape index (κ2) is 4.66. The molecule has 0 aromatic carbocycles. The first-order valence-corrected chi connectivity index (χ1v) is 6.44. The van der Waals surface area contributed by atoms with E-state index in [2.05, 4.69) is 29.3 Å². The Hall–Kier alpha value is -1.03. The zero-order valence-corrected chi connectivity index (χ0v) is 9.92. The normalized spacial score (nSPS) is 11.1. The molecule has 4 heteroatoms. The lowest BCUT2D eigenvalue weighted by Gasteiger charge is -1.95. The van der Waals surface area contributed by atoms with Crippen molar-refractivity contribution >= 4 is 17.3 Å². The molecule has 0 spiro atoms. The largest absolute Gasteiger partial charge is 0.237 e. The second-order valence-corrected chi connectivity index (χ2v) is 4.34. The fraction of sp³-hybridized carbons (Fsp3) is 0.455. The SMILES string of the molecule is CCCCc1cc2cnc(SC)nn2c1. The summed E-state index contributed by atoms with van der Waals surface area (Å²) in [7, 11) is 0. The fourth-order valence-corrected chi connectivity index (χ4v) is 1.89. The van der Waals surface area contributed by atoms with Crippen LogP contribution >= 0.6 is 11.8 Å². The fourth-order valence-electron chi connectivity index (χ4n) is 1.56. The third-order valence-corrected chi connectivity index (χ3v) is 2.94. The quantitative estimate of drug-likeness (QED) is 0.744. The smallest absolute Gasteiger partial charge is 0.207 e. The van der Waals surface area contributed by atoms with Crippen LogP contribution in [0.3, 0.4) is 0 Å². The molecular formula is C11H15N3S. The first kappa shape index (κ1) is 10.5. The summed E-state index contributed by atoms with van der Waals surface area (Å²) in [4.78, 5) is 4.25. The molecule has 0 amide bonds. The van der Waals surface area contributed by atoms with E-state index in [0.29, 0.717) is 0 Å². The van der Waals surface area contributed by atoms with Crippen molar-refractivity contribution in [3.05, 3.63) is 24.0 Å². The van der Waals surface area contributed by atoms with E-state index >= 15 is 0 Å². The van der Waals surface area contributed by atoms with Gasteiger partial charge in [0.1, 0.15) is 0 Å². The minimum absolute atomic E-state index is 0.820. The molecule has 0 fully saturated rings. The highest BCUT2D eigenvalue weighted by Crippen LogP contribution is 2.13. The lowest BCUT2D eigenvalue weighted by molar-refractivity contribution is 0.777. The maximum atomic E-state index is 4.39. The van der Waals surface area contributed by atoms with Gasteiger partial charge >= 0.3 is 0 Å². The first-order chi connectivity index (χ1) is 7.33. The van der Waals surface area contributed by atoms with Crippen LogP contribution in [-0.4, -0.2) is 20.9 Å². The Labute approximate surface area is 93.9 Å². The standard InChI is InChI=1S/C11H15N3S/c1-3-4-5-9-6-10-7-12-11(15-2)13-14(10)8-9/h6-8H,3-5H2,1-2H3. The summed E-state index contributed by atoms with van der Waals surface area (Å²) in [5.74, 6) is 0. The van der Waals surface area contributed by atoms with Gasteiger partial charge in [0.2, 0.25) is 5.16 Å². The molecule has 2 aromatic heterocycles. The number of aryl methyl sites for hydroxylation is 1. The van der Waals surface area contributed by atoms with Crippen LogP contribution in [0.15, 0.2) is 23.6 Å². The Morgan fingerprint density at radius 2 is 2.33 bits per heavy atom. The second-order valence-electron chi connectivity index (χ2n) is 3.57. The topological polar surface area (TPSA) is 30.2 Å². The van der Waals surface area contributed by atoms with Crippen LogP contribution in [0.25, 0.3) is 5.52 Å². The number of nitrogens with zero attached hydrogens (tertiary/aromatic N) is 3. The lowest BCUT2D eigenvalue weighted by Crippen LogP contribution is -1.93. The molecule has 0 saturated heterocycles. The zero-order valence-electron chi connectivity index (χ0n) is 9.10. The molecule has 2 aromatic rings. The van der Waals surface area contributed by atoms with Crippen LogP contribution in [0, 0.1) is 0 Å². The number of aromatic nitrogens is 3. The van der Waals surface area contributed by atoms with Crippen molar-refractivity contribution in [2.45, 2.75) is 31.3 Å². The molecule has 80 valence electrons. The van der Waals surface area contributed by atoms with Crippen molar-refractivity contribution in [1.82, 2.24) is 14.6 Å². The molecule has 2 rings (SSSR count). The van der Waals surface area contributed by atoms with E-state index in [1.165, 1.54) is 18.4 Å². The Morgan fingerprint density at radius 1 is 1.47 bits per heavy atom. The Kier molecular flexibility index (Phi) is 3.26. The highest BCUT2D eigenvalue weighted by Gasteiger charge is 2.01. The molecule has 0 aliphatic carbocycles. The van der Waals surface area contributed by atoms with E-state index in [0.717, 1.165) is 17.1 Å². The van der Waals surface area contributed by atoms with Gasteiger partial charge < -0.3 is 0 Å². The number of thioether (sulfide) groups is 1. The molecule has 0 aliphatic rings. The summed E-state index contributed by atoms with van der Waals surface area (Å²) in [6, 6.07) is 2.17. The third kappa shape index (κ3) is 2.31. The van der Waals surface area contributed by atoms with Crippen LogP contribution < -0.4 is 0 Å². The van der Waals surface area contributed by atoms with Crippen LogP contribution in [0.2, 0.25) is 0 Å². The van der Waals surface area contributed by atoms with Gasteiger partial charge in [-0.1, -0.05) is 25.1 Å². The average molecular weight is 221 g/mol. The molecule has 0 atom stereocenters. The minimum atomic E-state index is 0.820. The van der Waals surface area contributed by atoms with Gasteiger partial charge in [0.25, 0.3) is 0 Å². The maximum absolute atomic E-state index is 4.39. The summed E-state index contributed by atoms with van der Waals surface area (Å²) in [6.07, 6.45) is 9.57. The summed E-state index contributed by atoms with van der Waals surface area (Å²) in [5.41, 5.74) is 2.43. The van der Waals surface area contributed by atoms with Gasteiger partial charge in [-0.05, 0) is 30.7 Å². The van der Waals surface area contributed by atoms with Crippen LogP contribution in [0.1, 0.15) is 25.3 Å². The van der Waals surface area contributed by atoms with Crippen LogP contribution in [0.4, 0.5) is 0 Å². The van der Waals surface area contributed by atoms with E-state index in [4.69, 9.17) is 0 Å². The van der Waals surface area contributed by atoms with Gasteiger partial charge in [-0.2, -0.15) is 0 Å². The number of unbranched alkanes of at least 4 members (excludes halogenated alkanes) is 1. The van der Waals surface area contributed by atoms with Crippen molar-refractivity contribution in [2.24, 2.45) is 0 Å². The van der Waals surface area contributed by atoms with Crippen molar-refractivity contribution in [3.8, 4) is 0 Å². The van der Waals surface area contributed by atoms with Crippen LogP contribution in [-0.2, 0) is 6.42 Å². The van der Waals surface area contributed by atoms with Gasteiger partial charge in [0.15, 0.2) is 0 Å². The molecular weight excluding hydrogens is 206 g/mol. The van der Waals surface area contributed by atoms with Gasteiger partial charge in [-0.25, -0.2) is 9.50 Å². The summed E-state index contributed by atoms with van der Waals surface area (Å²) >= 11 is 1.57. The molecule has 0 unspecified atom stereocenters. The Bertz CT molecular complexity index is 450. The van der Waals surface area contributed by atoms with Crippen molar-refractivity contribution < 1.29 is 0 Å². The van der Waals surface area contributed by atoms with Crippen molar-refractivity contribution in [3.63, 3.8) is 0 Å². The third-order valence-electron chi connectivity index (χ3n) is 2.39. The summed E-state index contributed by atoms with van der Waals surface area (Å²) < 4.78 is 1.92. The minimum Gasteiger partial charge on any atom is -0.237 e. The predicted octanol–water partition coefficient (Wildman–Crippen LogP) is 2.79. The van der Waals surface area contributed by atoms with Gasteiger partial charge in [0, 0.05) is 6.20 Å². The lowest BCUT2D eigenvalue weighted by atomic mass is 10.1. The van der Waals surface area contributed by atoms with Gasteiger partial charge in [0.05, 0.1) is 11.7 Å². The Morgan fingerprint density at radius 3 is 3.07 bits per heavy atom. The number of hydrogen-bond acceptors (Lipinski definition) is 3. The van der Waals surface area contributed by atoms with Gasteiger partial charge in [-0.15, -0.1) is 5.10 Å². The highest BCUT2D eigenvalue weighted by atomic mass is 32.2. The van der Waals surface area contributed by atoms with E-state index in [1.807, 2.05) is 17.0 Å². The molecule has 15 heavy (non-hydrogen) atoms. The van der Waals surface area contributed by atoms with E-state index in [9.17, 15) is 0 Å². The highest BCUT2D eigenvalue weighted by molar-refractivity contribution is 7.98. The molecule has 0 radical (unpaired) electrons. The zero-order chi connectivity index (χ0) is 10.7. The molecule has 0 bridgehead atoms. The van der Waals surface area contributed by atoms with E-state index < -0.39 is 0 Å². The maximum Gasteiger partial charge on any atom is 0.207 e. The summed E-state index contributed by atoms with van der Waals surface area (Å²) in [5, 5.41) is 5.21. The molecule has 0 N–H and O–H groups in total. The molecule has 0 saturated carbocycles. The Balaban J connectivity index is 2.29. The molecule has 2 heterocycles. The predicted molar refractivity (Wildman–Crippen MR) is 63.4 cm³/mol. The van der Waals surface area contributed by atoms with Crippen LogP contribution in [0.5, 0.6) is 0 Å². The monoisotopic (exact) mass is 221 g/mol. The summed E-state index contributed by atoms with van der Waals surface area (Å²) in [6.45, 7) is 2.21. The van der Waals surface area contributed by atoms with E-state index in [-0.39, 0.29) is 0 Å². The molecule has 0 aliphatic heterocycles. The molecule has 3 nitrogen and oxygen atoms in total. The number of fused-ring (bicyclic) bond motifs is 1.